The Morgan fingerprint density at radius 3 is 2.35 bits per heavy atom. The molecule has 2 unspecified atom stereocenters. The maximum absolute atomic E-state index is 12.2. The highest BCUT2D eigenvalue weighted by Crippen LogP contribution is 2.03. The van der Waals surface area contributed by atoms with E-state index in [2.05, 4.69) is 10.6 Å². The molecule has 2 amide bonds. The average Bonchev–Trinajstić information content (AvgIpc) is 2.46. The van der Waals surface area contributed by atoms with Gasteiger partial charge in [0.15, 0.2) is 0 Å². The molecule has 23 heavy (non-hydrogen) atoms. The van der Waals surface area contributed by atoms with E-state index in [9.17, 15) is 14.4 Å². The van der Waals surface area contributed by atoms with Crippen molar-refractivity contribution in [2.45, 2.75) is 51.6 Å². The molecular formula is C17H24N2O4. The van der Waals surface area contributed by atoms with Gasteiger partial charge in [0.2, 0.25) is 11.8 Å². The van der Waals surface area contributed by atoms with Gasteiger partial charge in [-0.05, 0) is 18.9 Å². The SMILES string of the molecule is CCCC(NC(=O)Cc1ccccc1)C(=O)NC(C)CC(=O)O. The van der Waals surface area contributed by atoms with Crippen LogP contribution in [0, 0.1) is 0 Å². The molecule has 6 heteroatoms. The lowest BCUT2D eigenvalue weighted by atomic mass is 10.1. The second-order valence-electron chi connectivity index (χ2n) is 5.58. The molecule has 0 spiro atoms. The summed E-state index contributed by atoms with van der Waals surface area (Å²) in [6.45, 7) is 3.55. The first-order chi connectivity index (χ1) is 10.9. The fraction of sp³-hybridized carbons (Fsp3) is 0.471. The van der Waals surface area contributed by atoms with E-state index >= 15 is 0 Å². The number of carboxylic acid groups (broad SMARTS) is 1. The second-order valence-corrected chi connectivity index (χ2v) is 5.58. The van der Waals surface area contributed by atoms with Crippen LogP contribution in [0.2, 0.25) is 0 Å². The summed E-state index contributed by atoms with van der Waals surface area (Å²) in [6, 6.07) is 8.16. The van der Waals surface area contributed by atoms with Gasteiger partial charge >= 0.3 is 5.97 Å². The van der Waals surface area contributed by atoms with Crippen molar-refractivity contribution < 1.29 is 19.5 Å². The molecular weight excluding hydrogens is 296 g/mol. The molecule has 0 aromatic heterocycles. The van der Waals surface area contributed by atoms with E-state index in [-0.39, 0.29) is 24.7 Å². The monoisotopic (exact) mass is 320 g/mol. The van der Waals surface area contributed by atoms with Crippen LogP contribution in [0.3, 0.4) is 0 Å². The van der Waals surface area contributed by atoms with Gasteiger partial charge in [0.25, 0.3) is 0 Å². The minimum absolute atomic E-state index is 0.150. The number of carbonyl (C=O) groups excluding carboxylic acids is 2. The molecule has 1 rings (SSSR count). The van der Waals surface area contributed by atoms with Crippen molar-refractivity contribution in [2.75, 3.05) is 0 Å². The van der Waals surface area contributed by atoms with Gasteiger partial charge in [0.1, 0.15) is 6.04 Å². The highest BCUT2D eigenvalue weighted by molar-refractivity contribution is 5.88. The molecule has 126 valence electrons. The summed E-state index contributed by atoms with van der Waals surface area (Å²) in [7, 11) is 0. The maximum atomic E-state index is 12.2. The molecule has 0 heterocycles. The zero-order valence-electron chi connectivity index (χ0n) is 13.5. The maximum Gasteiger partial charge on any atom is 0.305 e. The summed E-state index contributed by atoms with van der Waals surface area (Å²) in [5, 5.41) is 14.1. The number of hydrogen-bond acceptors (Lipinski definition) is 3. The van der Waals surface area contributed by atoms with Crippen LogP contribution >= 0.6 is 0 Å². The molecule has 0 saturated carbocycles. The zero-order valence-corrected chi connectivity index (χ0v) is 13.5. The molecule has 0 fully saturated rings. The summed E-state index contributed by atoms with van der Waals surface area (Å²) in [5.41, 5.74) is 0.875. The lowest BCUT2D eigenvalue weighted by Gasteiger charge is -2.20. The molecule has 0 bridgehead atoms. The Hall–Kier alpha value is -2.37. The molecule has 1 aromatic rings. The van der Waals surface area contributed by atoms with Crippen molar-refractivity contribution in [2.24, 2.45) is 0 Å². The topological polar surface area (TPSA) is 95.5 Å². The normalized spacial score (nSPS) is 13.0. The fourth-order valence-electron chi connectivity index (χ4n) is 2.24. The standard InChI is InChI=1S/C17H24N2O4/c1-3-7-14(17(23)18-12(2)10-16(21)22)19-15(20)11-13-8-5-4-6-9-13/h4-6,8-9,12,14H,3,7,10-11H2,1-2H3,(H,18,23)(H,19,20)(H,21,22). The second kappa shape index (κ2) is 9.61. The molecule has 3 N–H and O–H groups in total. The molecule has 2 atom stereocenters. The molecule has 0 aliphatic rings. The number of nitrogens with one attached hydrogen (secondary N) is 2. The summed E-state index contributed by atoms with van der Waals surface area (Å²) in [6.07, 6.45) is 1.30. The van der Waals surface area contributed by atoms with Crippen molar-refractivity contribution in [3.05, 3.63) is 35.9 Å². The lowest BCUT2D eigenvalue weighted by Crippen LogP contribution is -2.49. The lowest BCUT2D eigenvalue weighted by molar-refractivity contribution is -0.138. The van der Waals surface area contributed by atoms with E-state index in [1.54, 1.807) is 6.92 Å². The van der Waals surface area contributed by atoms with Crippen molar-refractivity contribution in [1.82, 2.24) is 10.6 Å². The van der Waals surface area contributed by atoms with Gasteiger partial charge in [-0.1, -0.05) is 43.7 Å². The quantitative estimate of drug-likeness (QED) is 0.642. The number of rotatable bonds is 9. The third-order valence-electron chi connectivity index (χ3n) is 3.31. The van der Waals surface area contributed by atoms with Crippen LogP contribution in [0.25, 0.3) is 0 Å². The van der Waals surface area contributed by atoms with Gasteiger partial charge in [-0.3, -0.25) is 14.4 Å². The van der Waals surface area contributed by atoms with Crippen molar-refractivity contribution >= 4 is 17.8 Å². The van der Waals surface area contributed by atoms with Gasteiger partial charge < -0.3 is 15.7 Å². The largest absolute Gasteiger partial charge is 0.481 e. The Morgan fingerprint density at radius 2 is 1.78 bits per heavy atom. The highest BCUT2D eigenvalue weighted by Gasteiger charge is 2.22. The van der Waals surface area contributed by atoms with Crippen LogP contribution in [0.5, 0.6) is 0 Å². The van der Waals surface area contributed by atoms with Gasteiger partial charge in [-0.15, -0.1) is 0 Å². The minimum Gasteiger partial charge on any atom is -0.481 e. The summed E-state index contributed by atoms with van der Waals surface area (Å²) in [5.74, 6) is -1.55. The first kappa shape index (κ1) is 18.7. The number of hydrogen-bond donors (Lipinski definition) is 3. The van der Waals surface area contributed by atoms with Crippen LogP contribution in [-0.4, -0.2) is 35.0 Å². The van der Waals surface area contributed by atoms with E-state index in [1.807, 2.05) is 37.3 Å². The third kappa shape index (κ3) is 7.44. The first-order valence-electron chi connectivity index (χ1n) is 7.77. The fourth-order valence-corrected chi connectivity index (χ4v) is 2.24. The Bertz CT molecular complexity index is 531. The van der Waals surface area contributed by atoms with E-state index < -0.39 is 18.1 Å². The van der Waals surface area contributed by atoms with Crippen molar-refractivity contribution in [3.63, 3.8) is 0 Å². The molecule has 6 nitrogen and oxygen atoms in total. The summed E-state index contributed by atoms with van der Waals surface area (Å²) >= 11 is 0. The van der Waals surface area contributed by atoms with E-state index in [0.717, 1.165) is 12.0 Å². The van der Waals surface area contributed by atoms with E-state index in [0.29, 0.717) is 6.42 Å². The van der Waals surface area contributed by atoms with Gasteiger partial charge in [-0.25, -0.2) is 0 Å². The van der Waals surface area contributed by atoms with Crippen LogP contribution in [0.4, 0.5) is 0 Å². The Morgan fingerprint density at radius 1 is 1.13 bits per heavy atom. The highest BCUT2D eigenvalue weighted by atomic mass is 16.4. The molecule has 0 saturated heterocycles. The van der Waals surface area contributed by atoms with Crippen molar-refractivity contribution in [3.8, 4) is 0 Å². The minimum atomic E-state index is -0.974. The third-order valence-corrected chi connectivity index (χ3v) is 3.31. The van der Waals surface area contributed by atoms with Gasteiger partial charge in [0.05, 0.1) is 12.8 Å². The smallest absolute Gasteiger partial charge is 0.305 e. The Balaban J connectivity index is 2.57. The average molecular weight is 320 g/mol. The Labute approximate surface area is 136 Å². The zero-order chi connectivity index (χ0) is 17.2. The Kier molecular flexibility index (Phi) is 7.80. The summed E-state index contributed by atoms with van der Waals surface area (Å²) in [4.78, 5) is 34.9. The van der Waals surface area contributed by atoms with Crippen LogP contribution < -0.4 is 10.6 Å². The van der Waals surface area contributed by atoms with Crippen LogP contribution in [-0.2, 0) is 20.8 Å². The molecule has 0 radical (unpaired) electrons. The predicted octanol–water partition coefficient (Wildman–Crippen LogP) is 1.49. The molecule has 0 aliphatic carbocycles. The number of carbonyl (C=O) groups is 3. The first-order valence-corrected chi connectivity index (χ1v) is 7.77. The van der Waals surface area contributed by atoms with E-state index in [4.69, 9.17) is 5.11 Å². The van der Waals surface area contributed by atoms with Crippen molar-refractivity contribution in [1.29, 1.82) is 0 Å². The van der Waals surface area contributed by atoms with Crippen LogP contribution in [0.15, 0.2) is 30.3 Å². The number of amides is 2. The molecule has 1 aromatic carbocycles. The van der Waals surface area contributed by atoms with Gasteiger partial charge in [0, 0.05) is 6.04 Å². The summed E-state index contributed by atoms with van der Waals surface area (Å²) < 4.78 is 0. The van der Waals surface area contributed by atoms with Gasteiger partial charge in [-0.2, -0.15) is 0 Å². The number of aliphatic carboxylic acids is 1. The molecule has 0 aliphatic heterocycles. The van der Waals surface area contributed by atoms with E-state index in [1.165, 1.54) is 0 Å². The van der Waals surface area contributed by atoms with Crippen LogP contribution in [0.1, 0.15) is 38.7 Å². The number of benzene rings is 1. The predicted molar refractivity (Wildman–Crippen MR) is 86.8 cm³/mol. The number of carboxylic acids is 1.